The van der Waals surface area contributed by atoms with Gasteiger partial charge in [-0.1, -0.05) is 20.3 Å². The summed E-state index contributed by atoms with van der Waals surface area (Å²) in [5.41, 5.74) is 1.02. The van der Waals surface area contributed by atoms with E-state index in [0.29, 0.717) is 23.0 Å². The van der Waals surface area contributed by atoms with E-state index in [0.717, 1.165) is 13.1 Å². The maximum absolute atomic E-state index is 12.1. The fourth-order valence-electron chi connectivity index (χ4n) is 3.50. The molecule has 2 rings (SSSR count). The number of anilines is 1. The van der Waals surface area contributed by atoms with E-state index >= 15 is 0 Å². The molecule has 0 radical (unpaired) electrons. The van der Waals surface area contributed by atoms with Crippen molar-refractivity contribution in [3.8, 4) is 5.75 Å². The van der Waals surface area contributed by atoms with Crippen LogP contribution in [0.5, 0.6) is 5.75 Å². The molecular weight excluding hydrogens is 455 g/mol. The number of hydrogen-bond donors (Lipinski definition) is 4. The number of carbonyl (C=O) groups excluding carboxylic acids is 1. The molecular formula is C20H33IN4O2. The molecule has 0 aromatic heterocycles. The topological polar surface area (TPSA) is 85.8 Å². The van der Waals surface area contributed by atoms with Gasteiger partial charge < -0.3 is 21.1 Å². The zero-order valence-electron chi connectivity index (χ0n) is 16.5. The van der Waals surface area contributed by atoms with E-state index in [2.05, 4.69) is 34.8 Å². The molecule has 0 atom stereocenters. The summed E-state index contributed by atoms with van der Waals surface area (Å²) in [5.74, 6) is 1.36. The number of carbonyl (C=O) groups is 1. The van der Waals surface area contributed by atoms with Crippen molar-refractivity contribution in [2.75, 3.05) is 25.0 Å². The van der Waals surface area contributed by atoms with Crippen molar-refractivity contribution >= 4 is 41.5 Å². The van der Waals surface area contributed by atoms with Gasteiger partial charge in [0.05, 0.1) is 0 Å². The average molecular weight is 488 g/mol. The van der Waals surface area contributed by atoms with E-state index in [-0.39, 0.29) is 42.2 Å². The fourth-order valence-corrected chi connectivity index (χ4v) is 3.50. The monoisotopic (exact) mass is 488 g/mol. The molecule has 1 aromatic carbocycles. The molecule has 152 valence electrons. The highest BCUT2D eigenvalue weighted by atomic mass is 127. The Morgan fingerprint density at radius 2 is 1.89 bits per heavy atom. The summed E-state index contributed by atoms with van der Waals surface area (Å²) in [5, 5.41) is 18.7. The van der Waals surface area contributed by atoms with Crippen molar-refractivity contribution in [1.82, 2.24) is 10.6 Å². The SMILES string of the molecule is CCNC(=NCC(=O)Nc1ccc(O)cc1)NCC1(CC(C)C)CCC1.I. The molecule has 1 amide bonds. The van der Waals surface area contributed by atoms with E-state index in [4.69, 9.17) is 0 Å². The summed E-state index contributed by atoms with van der Waals surface area (Å²) in [4.78, 5) is 16.5. The van der Waals surface area contributed by atoms with Crippen molar-refractivity contribution in [2.24, 2.45) is 16.3 Å². The number of halogens is 1. The molecule has 4 N–H and O–H groups in total. The van der Waals surface area contributed by atoms with Gasteiger partial charge in [0.1, 0.15) is 12.3 Å². The van der Waals surface area contributed by atoms with Gasteiger partial charge in [-0.05, 0) is 61.8 Å². The van der Waals surface area contributed by atoms with Gasteiger partial charge in [-0.3, -0.25) is 4.79 Å². The molecule has 7 heteroatoms. The summed E-state index contributed by atoms with van der Waals surface area (Å²) < 4.78 is 0. The number of phenolic OH excluding ortho intramolecular Hbond substituents is 1. The lowest BCUT2D eigenvalue weighted by Crippen LogP contribution is -2.47. The molecule has 0 saturated heterocycles. The molecule has 1 saturated carbocycles. The highest BCUT2D eigenvalue weighted by molar-refractivity contribution is 14.0. The van der Waals surface area contributed by atoms with Crippen LogP contribution in [0.25, 0.3) is 0 Å². The molecule has 0 unspecified atom stereocenters. The van der Waals surface area contributed by atoms with Crippen LogP contribution in [0.2, 0.25) is 0 Å². The van der Waals surface area contributed by atoms with Crippen molar-refractivity contribution in [2.45, 2.75) is 46.5 Å². The third kappa shape index (κ3) is 7.94. The second kappa shape index (κ2) is 11.4. The number of rotatable bonds is 8. The molecule has 6 nitrogen and oxygen atoms in total. The van der Waals surface area contributed by atoms with Crippen LogP contribution in [-0.4, -0.2) is 36.6 Å². The number of amides is 1. The number of aliphatic imine (C=N–C) groups is 1. The number of nitrogens with one attached hydrogen (secondary N) is 3. The minimum absolute atomic E-state index is 0. The Bertz CT molecular complexity index is 613. The minimum Gasteiger partial charge on any atom is -0.508 e. The van der Waals surface area contributed by atoms with Crippen LogP contribution in [0, 0.1) is 11.3 Å². The molecule has 1 fully saturated rings. The van der Waals surface area contributed by atoms with E-state index in [1.54, 1.807) is 12.1 Å². The van der Waals surface area contributed by atoms with Gasteiger partial charge in [0.15, 0.2) is 5.96 Å². The molecule has 1 aliphatic rings. The van der Waals surface area contributed by atoms with E-state index < -0.39 is 0 Å². The second-order valence-electron chi connectivity index (χ2n) is 7.60. The fraction of sp³-hybridized carbons (Fsp3) is 0.600. The summed E-state index contributed by atoms with van der Waals surface area (Å²) >= 11 is 0. The molecule has 0 aliphatic heterocycles. The van der Waals surface area contributed by atoms with Gasteiger partial charge in [0.25, 0.3) is 0 Å². The third-order valence-corrected chi connectivity index (χ3v) is 4.76. The number of aromatic hydroxyl groups is 1. The molecule has 1 aliphatic carbocycles. The average Bonchev–Trinajstić information content (AvgIpc) is 2.56. The summed E-state index contributed by atoms with van der Waals surface area (Å²) in [6, 6.07) is 6.40. The normalized spacial score (nSPS) is 15.5. The smallest absolute Gasteiger partial charge is 0.246 e. The lowest BCUT2D eigenvalue weighted by molar-refractivity contribution is -0.114. The van der Waals surface area contributed by atoms with Gasteiger partial charge >= 0.3 is 0 Å². The van der Waals surface area contributed by atoms with Gasteiger partial charge in [0, 0.05) is 18.8 Å². The van der Waals surface area contributed by atoms with E-state index in [1.807, 2.05) is 6.92 Å². The van der Waals surface area contributed by atoms with Crippen LogP contribution in [0.3, 0.4) is 0 Å². The first-order valence-electron chi connectivity index (χ1n) is 9.53. The Balaban J connectivity index is 0.00000364. The third-order valence-electron chi connectivity index (χ3n) is 4.76. The Morgan fingerprint density at radius 1 is 1.22 bits per heavy atom. The summed E-state index contributed by atoms with van der Waals surface area (Å²) in [6.07, 6.45) is 5.05. The van der Waals surface area contributed by atoms with Crippen molar-refractivity contribution in [3.63, 3.8) is 0 Å². The molecule has 1 aromatic rings. The lowest BCUT2D eigenvalue weighted by atomic mass is 9.64. The van der Waals surface area contributed by atoms with Crippen molar-refractivity contribution < 1.29 is 9.90 Å². The number of phenols is 1. The van der Waals surface area contributed by atoms with E-state index in [9.17, 15) is 9.90 Å². The van der Waals surface area contributed by atoms with Crippen LogP contribution in [-0.2, 0) is 4.79 Å². The Morgan fingerprint density at radius 3 is 2.41 bits per heavy atom. The van der Waals surface area contributed by atoms with E-state index in [1.165, 1.54) is 37.8 Å². The Hall–Kier alpha value is -1.51. The lowest BCUT2D eigenvalue weighted by Gasteiger charge is -2.43. The van der Waals surface area contributed by atoms with Crippen LogP contribution in [0.1, 0.15) is 46.5 Å². The number of hydrogen-bond acceptors (Lipinski definition) is 3. The van der Waals surface area contributed by atoms with Crippen LogP contribution >= 0.6 is 24.0 Å². The number of guanidine groups is 1. The first-order valence-corrected chi connectivity index (χ1v) is 9.53. The number of nitrogens with zero attached hydrogens (tertiary/aromatic N) is 1. The molecule has 27 heavy (non-hydrogen) atoms. The Labute approximate surface area is 179 Å². The highest BCUT2D eigenvalue weighted by Gasteiger charge is 2.37. The summed E-state index contributed by atoms with van der Waals surface area (Å²) in [7, 11) is 0. The predicted octanol–water partition coefficient (Wildman–Crippen LogP) is 3.72. The molecule has 0 bridgehead atoms. The first kappa shape index (κ1) is 23.5. The second-order valence-corrected chi connectivity index (χ2v) is 7.60. The largest absolute Gasteiger partial charge is 0.508 e. The molecule has 0 spiro atoms. The van der Waals surface area contributed by atoms with Gasteiger partial charge in [-0.2, -0.15) is 0 Å². The van der Waals surface area contributed by atoms with Gasteiger partial charge in [-0.15, -0.1) is 24.0 Å². The van der Waals surface area contributed by atoms with Crippen LogP contribution in [0.15, 0.2) is 29.3 Å². The maximum Gasteiger partial charge on any atom is 0.246 e. The van der Waals surface area contributed by atoms with Crippen molar-refractivity contribution in [3.05, 3.63) is 24.3 Å². The van der Waals surface area contributed by atoms with Crippen molar-refractivity contribution in [1.29, 1.82) is 0 Å². The van der Waals surface area contributed by atoms with Gasteiger partial charge in [-0.25, -0.2) is 4.99 Å². The highest BCUT2D eigenvalue weighted by Crippen LogP contribution is 2.45. The zero-order valence-corrected chi connectivity index (χ0v) is 18.9. The van der Waals surface area contributed by atoms with Gasteiger partial charge in [0.2, 0.25) is 5.91 Å². The standard InChI is InChI=1S/C20H32N4O2.HI/c1-4-21-19(23-14-20(10-5-11-20)12-15(2)3)22-13-18(26)24-16-6-8-17(25)9-7-16;/h6-9,15,25H,4-5,10-14H2,1-3H3,(H,24,26)(H2,21,22,23);1H. The quantitative estimate of drug-likeness (QED) is 0.195. The maximum atomic E-state index is 12.1. The van der Waals surface area contributed by atoms with Crippen LogP contribution in [0.4, 0.5) is 5.69 Å². The first-order chi connectivity index (χ1) is 12.4. The molecule has 0 heterocycles. The predicted molar refractivity (Wildman–Crippen MR) is 122 cm³/mol. The minimum atomic E-state index is -0.187. The number of benzene rings is 1. The summed E-state index contributed by atoms with van der Waals surface area (Å²) in [6.45, 7) is 8.26. The Kier molecular flexibility index (Phi) is 9.90. The zero-order chi connectivity index (χ0) is 19.0. The van der Waals surface area contributed by atoms with Crippen LogP contribution < -0.4 is 16.0 Å².